The number of hydrogen-bond donors (Lipinski definition) is 0. The summed E-state index contributed by atoms with van der Waals surface area (Å²) in [6.07, 6.45) is 7.54. The average Bonchev–Trinajstić information content (AvgIpc) is 3.20. The molecule has 152 valence electrons. The molecule has 0 aliphatic carbocycles. The van der Waals surface area contributed by atoms with Crippen LogP contribution in [0.5, 0.6) is 0 Å². The Bertz CT molecular complexity index is 1190. The fraction of sp³-hybridized carbons (Fsp3) is 0.318. The fourth-order valence-electron chi connectivity index (χ4n) is 4.03. The van der Waals surface area contributed by atoms with E-state index < -0.39 is 0 Å². The van der Waals surface area contributed by atoms with Crippen molar-refractivity contribution in [2.45, 2.75) is 25.9 Å². The van der Waals surface area contributed by atoms with Crippen molar-refractivity contribution >= 4 is 5.65 Å². The molecule has 8 nitrogen and oxygen atoms in total. The first-order valence-electron chi connectivity index (χ1n) is 10.3. The molecule has 4 aromatic rings. The predicted octanol–water partition coefficient (Wildman–Crippen LogP) is 2.26. The van der Waals surface area contributed by atoms with E-state index in [1.807, 2.05) is 40.9 Å². The quantitative estimate of drug-likeness (QED) is 0.510. The third-order valence-corrected chi connectivity index (χ3v) is 5.73. The smallest absolute Gasteiger partial charge is 0.266 e. The van der Waals surface area contributed by atoms with E-state index in [2.05, 4.69) is 25.2 Å². The van der Waals surface area contributed by atoms with Gasteiger partial charge in [0, 0.05) is 36.8 Å². The van der Waals surface area contributed by atoms with Crippen molar-refractivity contribution in [3.63, 3.8) is 0 Å². The molecule has 4 aromatic heterocycles. The number of likely N-dealkylation sites (tertiary alicyclic amines) is 1. The lowest BCUT2D eigenvalue weighted by Crippen LogP contribution is -2.36. The Hall–Kier alpha value is -3.39. The highest BCUT2D eigenvalue weighted by Gasteiger charge is 2.22. The molecule has 1 aliphatic rings. The summed E-state index contributed by atoms with van der Waals surface area (Å²) in [7, 11) is 0. The topological polar surface area (TPSA) is 81.2 Å². The van der Waals surface area contributed by atoms with Crippen molar-refractivity contribution in [1.29, 1.82) is 0 Å². The minimum atomic E-state index is -0.0508. The summed E-state index contributed by atoms with van der Waals surface area (Å²) in [5.74, 6) is 1.40. The highest BCUT2D eigenvalue weighted by atomic mass is 16.1. The second kappa shape index (κ2) is 8.16. The van der Waals surface area contributed by atoms with Gasteiger partial charge in [0.15, 0.2) is 11.5 Å². The van der Waals surface area contributed by atoms with Crippen LogP contribution in [0.4, 0.5) is 0 Å². The van der Waals surface area contributed by atoms with Crippen LogP contribution in [0.25, 0.3) is 16.9 Å². The normalized spacial score (nSPS) is 15.6. The van der Waals surface area contributed by atoms with Gasteiger partial charge < -0.3 is 0 Å². The molecule has 5 heterocycles. The highest BCUT2D eigenvalue weighted by molar-refractivity contribution is 5.56. The Kier molecular flexibility index (Phi) is 5.06. The van der Waals surface area contributed by atoms with E-state index in [4.69, 9.17) is 0 Å². The largest absolute Gasteiger partial charge is 0.296 e. The number of fused-ring (bicyclic) bond motifs is 1. The Labute approximate surface area is 173 Å². The summed E-state index contributed by atoms with van der Waals surface area (Å²) >= 11 is 0. The van der Waals surface area contributed by atoms with Gasteiger partial charge in [-0.1, -0.05) is 6.07 Å². The lowest BCUT2D eigenvalue weighted by Gasteiger charge is -2.31. The molecular formula is C22H23N7O. The first-order valence-corrected chi connectivity index (χ1v) is 10.3. The SMILES string of the molecule is O=c1ccc(-c2ccncc2)nn1CC1CCN(Cc2nnc3ccccn23)CC1. The second-order valence-corrected chi connectivity index (χ2v) is 7.74. The average molecular weight is 401 g/mol. The zero-order valence-electron chi connectivity index (χ0n) is 16.6. The van der Waals surface area contributed by atoms with Crippen molar-refractivity contribution in [2.75, 3.05) is 13.1 Å². The van der Waals surface area contributed by atoms with Gasteiger partial charge in [-0.25, -0.2) is 4.68 Å². The van der Waals surface area contributed by atoms with Crippen LogP contribution >= 0.6 is 0 Å². The molecule has 0 radical (unpaired) electrons. The minimum Gasteiger partial charge on any atom is -0.296 e. The van der Waals surface area contributed by atoms with Crippen LogP contribution in [-0.4, -0.2) is 47.4 Å². The van der Waals surface area contributed by atoms with Crippen LogP contribution in [0.3, 0.4) is 0 Å². The molecule has 30 heavy (non-hydrogen) atoms. The molecule has 1 saturated heterocycles. The number of rotatable bonds is 5. The van der Waals surface area contributed by atoms with E-state index in [0.717, 1.165) is 55.2 Å². The van der Waals surface area contributed by atoms with Crippen LogP contribution in [0.2, 0.25) is 0 Å². The number of piperidine rings is 1. The van der Waals surface area contributed by atoms with Crippen LogP contribution in [0.1, 0.15) is 18.7 Å². The molecule has 0 spiro atoms. The van der Waals surface area contributed by atoms with Gasteiger partial charge in [-0.2, -0.15) is 5.10 Å². The first-order chi connectivity index (χ1) is 14.8. The van der Waals surface area contributed by atoms with E-state index in [1.165, 1.54) is 0 Å². The number of aromatic nitrogens is 6. The van der Waals surface area contributed by atoms with Crippen molar-refractivity contribution in [3.05, 3.63) is 77.2 Å². The molecule has 0 bridgehead atoms. The second-order valence-electron chi connectivity index (χ2n) is 7.74. The number of nitrogens with zero attached hydrogens (tertiary/aromatic N) is 7. The molecule has 8 heteroatoms. The van der Waals surface area contributed by atoms with E-state index in [9.17, 15) is 4.79 Å². The molecule has 5 rings (SSSR count). The molecular weight excluding hydrogens is 378 g/mol. The standard InChI is InChI=1S/C22H23N7O/c30-22-5-4-19(18-6-10-23-11-7-18)26-29(22)15-17-8-13-27(14-9-17)16-21-25-24-20-3-1-2-12-28(20)21/h1-7,10-12,17H,8-9,13-16H2. The lowest BCUT2D eigenvalue weighted by atomic mass is 9.97. The minimum absolute atomic E-state index is 0.0508. The zero-order chi connectivity index (χ0) is 20.3. The van der Waals surface area contributed by atoms with Gasteiger partial charge in [-0.15, -0.1) is 10.2 Å². The third-order valence-electron chi connectivity index (χ3n) is 5.73. The van der Waals surface area contributed by atoms with Crippen LogP contribution in [0, 0.1) is 5.92 Å². The van der Waals surface area contributed by atoms with E-state index in [1.54, 1.807) is 29.2 Å². The molecule has 0 aromatic carbocycles. The zero-order valence-corrected chi connectivity index (χ0v) is 16.6. The molecule has 1 fully saturated rings. The Morgan fingerprint density at radius 2 is 1.80 bits per heavy atom. The molecule has 0 N–H and O–H groups in total. The Balaban J connectivity index is 1.23. The maximum atomic E-state index is 12.3. The summed E-state index contributed by atoms with van der Waals surface area (Å²) in [6.45, 7) is 3.39. The maximum Gasteiger partial charge on any atom is 0.266 e. The maximum absolute atomic E-state index is 12.3. The summed E-state index contributed by atoms with van der Waals surface area (Å²) in [4.78, 5) is 18.8. The van der Waals surface area contributed by atoms with Gasteiger partial charge in [0.1, 0.15) is 0 Å². The third kappa shape index (κ3) is 3.86. The first kappa shape index (κ1) is 18.6. The molecule has 0 atom stereocenters. The van der Waals surface area contributed by atoms with Crippen molar-refractivity contribution in [3.8, 4) is 11.3 Å². The molecule has 0 amide bonds. The van der Waals surface area contributed by atoms with E-state index in [0.29, 0.717) is 12.5 Å². The number of pyridine rings is 2. The number of hydrogen-bond acceptors (Lipinski definition) is 6. The van der Waals surface area contributed by atoms with Crippen molar-refractivity contribution < 1.29 is 0 Å². The summed E-state index contributed by atoms with van der Waals surface area (Å²) in [6, 6.07) is 13.1. The van der Waals surface area contributed by atoms with Gasteiger partial charge in [-0.05, 0) is 62.2 Å². The van der Waals surface area contributed by atoms with E-state index in [-0.39, 0.29) is 5.56 Å². The summed E-state index contributed by atoms with van der Waals surface area (Å²) < 4.78 is 3.66. The summed E-state index contributed by atoms with van der Waals surface area (Å²) in [5, 5.41) is 13.2. The van der Waals surface area contributed by atoms with Crippen molar-refractivity contribution in [1.82, 2.24) is 34.3 Å². The van der Waals surface area contributed by atoms with Crippen LogP contribution in [0.15, 0.2) is 65.8 Å². The van der Waals surface area contributed by atoms with Gasteiger partial charge in [0.25, 0.3) is 5.56 Å². The fourth-order valence-corrected chi connectivity index (χ4v) is 4.03. The lowest BCUT2D eigenvalue weighted by molar-refractivity contribution is 0.160. The van der Waals surface area contributed by atoms with Gasteiger partial charge in [0.05, 0.1) is 12.2 Å². The van der Waals surface area contributed by atoms with Gasteiger partial charge in [-0.3, -0.25) is 19.1 Å². The highest BCUT2D eigenvalue weighted by Crippen LogP contribution is 2.21. The Morgan fingerprint density at radius 3 is 2.63 bits per heavy atom. The van der Waals surface area contributed by atoms with Crippen LogP contribution < -0.4 is 5.56 Å². The molecule has 0 saturated carbocycles. The van der Waals surface area contributed by atoms with Crippen molar-refractivity contribution in [2.24, 2.45) is 5.92 Å². The Morgan fingerprint density at radius 1 is 0.967 bits per heavy atom. The van der Waals surface area contributed by atoms with Crippen LogP contribution in [-0.2, 0) is 13.1 Å². The van der Waals surface area contributed by atoms with Gasteiger partial charge in [0.2, 0.25) is 0 Å². The monoisotopic (exact) mass is 401 g/mol. The predicted molar refractivity (Wildman–Crippen MR) is 113 cm³/mol. The summed E-state index contributed by atoms with van der Waals surface area (Å²) in [5.41, 5.74) is 2.59. The van der Waals surface area contributed by atoms with E-state index >= 15 is 0 Å². The van der Waals surface area contributed by atoms with Gasteiger partial charge >= 0.3 is 0 Å². The molecule has 0 unspecified atom stereocenters. The molecule has 1 aliphatic heterocycles.